The van der Waals surface area contributed by atoms with E-state index in [9.17, 15) is 5.26 Å². The Morgan fingerprint density at radius 3 is 2.29 bits per heavy atom. The minimum atomic E-state index is -0.314. The molecule has 1 N–H and O–H groups in total. The van der Waals surface area contributed by atoms with Crippen molar-refractivity contribution in [2.75, 3.05) is 5.32 Å². The summed E-state index contributed by atoms with van der Waals surface area (Å²) in [4.78, 5) is 0. The van der Waals surface area contributed by atoms with Gasteiger partial charge in [-0.15, -0.1) is 0 Å². The smallest absolute Gasteiger partial charge is 0.141 e. The van der Waals surface area contributed by atoms with E-state index in [2.05, 4.69) is 34.0 Å². The summed E-state index contributed by atoms with van der Waals surface area (Å²) in [6, 6.07) is 19.7. The molecule has 2 nitrogen and oxygen atoms in total. The third kappa shape index (κ3) is 2.98. The highest BCUT2D eigenvalue weighted by Gasteiger charge is 2.12. The molecule has 0 bridgehead atoms. The Morgan fingerprint density at radius 2 is 1.65 bits per heavy atom. The van der Waals surface area contributed by atoms with Crippen LogP contribution in [0.1, 0.15) is 11.6 Å². The van der Waals surface area contributed by atoms with Crippen LogP contribution in [0.5, 0.6) is 0 Å². The first kappa shape index (κ1) is 11.9. The number of para-hydroxylation sites is 1. The van der Waals surface area contributed by atoms with Gasteiger partial charge in [0.05, 0.1) is 6.07 Å². The molecule has 0 amide bonds. The number of hydrogen-bond acceptors (Lipinski definition) is 2. The monoisotopic (exact) mass is 334 g/mol. The van der Waals surface area contributed by atoms with Gasteiger partial charge in [-0.3, -0.25) is 0 Å². The van der Waals surface area contributed by atoms with Crippen molar-refractivity contribution in [3.8, 4) is 6.07 Å². The van der Waals surface area contributed by atoms with Crippen molar-refractivity contribution in [2.24, 2.45) is 0 Å². The highest BCUT2D eigenvalue weighted by atomic mass is 127. The maximum Gasteiger partial charge on any atom is 0.141 e. The van der Waals surface area contributed by atoms with E-state index < -0.39 is 0 Å². The van der Waals surface area contributed by atoms with Gasteiger partial charge in [0.1, 0.15) is 6.04 Å². The van der Waals surface area contributed by atoms with E-state index in [1.807, 2.05) is 54.6 Å². The van der Waals surface area contributed by atoms with Gasteiger partial charge in [-0.1, -0.05) is 36.4 Å². The van der Waals surface area contributed by atoms with Crippen LogP contribution in [0.4, 0.5) is 5.69 Å². The second-order valence-corrected chi connectivity index (χ2v) is 4.76. The van der Waals surface area contributed by atoms with Gasteiger partial charge in [0.25, 0.3) is 0 Å². The fourth-order valence-corrected chi connectivity index (χ4v) is 2.29. The Labute approximate surface area is 114 Å². The predicted octanol–water partition coefficient (Wildman–Crippen LogP) is 3.97. The molecule has 1 unspecified atom stereocenters. The number of anilines is 1. The number of hydrogen-bond donors (Lipinski definition) is 1. The number of halogens is 1. The summed E-state index contributed by atoms with van der Waals surface area (Å²) in [6.45, 7) is 0. The van der Waals surface area contributed by atoms with Gasteiger partial charge >= 0.3 is 0 Å². The molecule has 0 fully saturated rings. The zero-order chi connectivity index (χ0) is 12.1. The molecule has 0 aliphatic rings. The molecule has 0 aromatic heterocycles. The molecule has 2 aromatic carbocycles. The lowest BCUT2D eigenvalue weighted by Crippen LogP contribution is -2.09. The second-order valence-electron chi connectivity index (χ2n) is 3.59. The van der Waals surface area contributed by atoms with E-state index in [0.29, 0.717) is 0 Å². The van der Waals surface area contributed by atoms with Crippen LogP contribution >= 0.6 is 22.6 Å². The minimum Gasteiger partial charge on any atom is -0.366 e. The van der Waals surface area contributed by atoms with Crippen molar-refractivity contribution >= 4 is 28.3 Å². The molecule has 0 aliphatic carbocycles. The lowest BCUT2D eigenvalue weighted by molar-refractivity contribution is 0.989. The van der Waals surface area contributed by atoms with Crippen LogP contribution in [0.15, 0.2) is 54.6 Å². The molecule has 0 aliphatic heterocycles. The fourth-order valence-electron chi connectivity index (χ4n) is 1.59. The van der Waals surface area contributed by atoms with Gasteiger partial charge < -0.3 is 5.32 Å². The molecule has 0 spiro atoms. The summed E-state index contributed by atoms with van der Waals surface area (Å²) >= 11 is 2.25. The van der Waals surface area contributed by atoms with Crippen molar-refractivity contribution in [3.05, 3.63) is 63.7 Å². The summed E-state index contributed by atoms with van der Waals surface area (Å²) in [7, 11) is 0. The third-order valence-corrected chi connectivity index (χ3v) is 3.41. The molecular formula is C14H11IN2. The molecular weight excluding hydrogens is 323 g/mol. The number of nitrogens with one attached hydrogen (secondary N) is 1. The number of nitrogens with zero attached hydrogens (tertiary/aromatic N) is 1. The molecule has 0 heterocycles. The number of nitriles is 1. The molecule has 2 rings (SSSR count). The molecule has 0 saturated heterocycles. The van der Waals surface area contributed by atoms with Crippen molar-refractivity contribution in [3.63, 3.8) is 0 Å². The van der Waals surface area contributed by atoms with Gasteiger partial charge in [-0.05, 0) is 40.8 Å². The first-order valence-electron chi connectivity index (χ1n) is 5.27. The van der Waals surface area contributed by atoms with Crippen LogP contribution in [0.2, 0.25) is 0 Å². The normalized spacial score (nSPS) is 11.5. The summed E-state index contributed by atoms with van der Waals surface area (Å²) in [5, 5.41) is 12.5. The van der Waals surface area contributed by atoms with Crippen LogP contribution in [-0.2, 0) is 0 Å². The zero-order valence-electron chi connectivity index (χ0n) is 9.10. The van der Waals surface area contributed by atoms with Gasteiger partial charge in [0.15, 0.2) is 0 Å². The summed E-state index contributed by atoms with van der Waals surface area (Å²) < 4.78 is 1.10. The van der Waals surface area contributed by atoms with Crippen LogP contribution < -0.4 is 5.32 Å². The van der Waals surface area contributed by atoms with Crippen molar-refractivity contribution in [2.45, 2.75) is 6.04 Å². The lowest BCUT2D eigenvalue weighted by atomic mass is 10.1. The summed E-state index contributed by atoms with van der Waals surface area (Å²) in [5.74, 6) is 0. The summed E-state index contributed by atoms with van der Waals surface area (Å²) in [5.41, 5.74) is 1.97. The average molecular weight is 334 g/mol. The molecule has 17 heavy (non-hydrogen) atoms. The van der Waals surface area contributed by atoms with E-state index in [0.717, 1.165) is 14.8 Å². The van der Waals surface area contributed by atoms with E-state index in [1.165, 1.54) is 0 Å². The predicted molar refractivity (Wildman–Crippen MR) is 77.6 cm³/mol. The first-order chi connectivity index (χ1) is 8.31. The Bertz CT molecular complexity index is 531. The maximum absolute atomic E-state index is 9.25. The molecule has 1 atom stereocenters. The minimum absolute atomic E-state index is 0.314. The molecule has 0 saturated carbocycles. The van der Waals surface area contributed by atoms with Crippen LogP contribution in [0.3, 0.4) is 0 Å². The van der Waals surface area contributed by atoms with E-state index in [-0.39, 0.29) is 6.04 Å². The van der Waals surface area contributed by atoms with Gasteiger partial charge in [0.2, 0.25) is 0 Å². The standard InChI is InChI=1S/C14H11IN2/c15-13-9-5-4-8-12(13)14(10-16)17-11-6-2-1-3-7-11/h1-9,14,17H. The number of rotatable bonds is 3. The SMILES string of the molecule is N#CC(Nc1ccccc1)c1ccccc1I. The van der Waals surface area contributed by atoms with Crippen molar-refractivity contribution in [1.82, 2.24) is 0 Å². The average Bonchev–Trinajstić information content (AvgIpc) is 2.38. The summed E-state index contributed by atoms with van der Waals surface area (Å²) in [6.07, 6.45) is 0. The Balaban J connectivity index is 2.25. The van der Waals surface area contributed by atoms with Gasteiger partial charge in [-0.25, -0.2) is 0 Å². The molecule has 3 heteroatoms. The topological polar surface area (TPSA) is 35.8 Å². The third-order valence-electron chi connectivity index (χ3n) is 2.43. The Hall–Kier alpha value is -1.54. The van der Waals surface area contributed by atoms with Gasteiger partial charge in [0, 0.05) is 14.8 Å². The largest absolute Gasteiger partial charge is 0.366 e. The Kier molecular flexibility index (Phi) is 3.99. The first-order valence-corrected chi connectivity index (χ1v) is 6.35. The van der Waals surface area contributed by atoms with E-state index in [4.69, 9.17) is 0 Å². The second kappa shape index (κ2) is 5.69. The van der Waals surface area contributed by atoms with Crippen LogP contribution in [0.25, 0.3) is 0 Å². The zero-order valence-corrected chi connectivity index (χ0v) is 11.3. The molecule has 0 radical (unpaired) electrons. The molecule has 2 aromatic rings. The fraction of sp³-hybridized carbons (Fsp3) is 0.0714. The Morgan fingerprint density at radius 1 is 1.00 bits per heavy atom. The van der Waals surface area contributed by atoms with Crippen LogP contribution in [0, 0.1) is 14.9 Å². The number of benzene rings is 2. The molecule has 84 valence electrons. The maximum atomic E-state index is 9.25. The van der Waals surface area contributed by atoms with E-state index >= 15 is 0 Å². The quantitative estimate of drug-likeness (QED) is 0.863. The highest BCUT2D eigenvalue weighted by molar-refractivity contribution is 14.1. The lowest BCUT2D eigenvalue weighted by Gasteiger charge is -2.14. The van der Waals surface area contributed by atoms with Crippen molar-refractivity contribution < 1.29 is 0 Å². The highest BCUT2D eigenvalue weighted by Crippen LogP contribution is 2.23. The van der Waals surface area contributed by atoms with E-state index in [1.54, 1.807) is 0 Å². The van der Waals surface area contributed by atoms with Gasteiger partial charge in [-0.2, -0.15) is 5.26 Å². The van der Waals surface area contributed by atoms with Crippen molar-refractivity contribution in [1.29, 1.82) is 5.26 Å². The van der Waals surface area contributed by atoms with Crippen LogP contribution in [-0.4, -0.2) is 0 Å².